The van der Waals surface area contributed by atoms with Gasteiger partial charge in [0.15, 0.2) is 0 Å². The predicted molar refractivity (Wildman–Crippen MR) is 86.6 cm³/mol. The molecule has 23 heavy (non-hydrogen) atoms. The summed E-state index contributed by atoms with van der Waals surface area (Å²) in [5, 5.41) is 0. The molecule has 2 aliphatic rings. The number of likely N-dealkylation sites (tertiary alicyclic amines) is 1. The molecule has 3 unspecified atom stereocenters. The first-order chi connectivity index (χ1) is 11.0. The van der Waals surface area contributed by atoms with Crippen LogP contribution in [0.25, 0.3) is 0 Å². The maximum atomic E-state index is 12.7. The Kier molecular flexibility index (Phi) is 4.66. The molecule has 1 aromatic rings. The number of ether oxygens (including phenoxy) is 1. The molecule has 2 aliphatic heterocycles. The Bertz CT molecular complexity index is 565. The number of nitrogens with zero attached hydrogens (tertiary/aromatic N) is 2. The van der Waals surface area contributed by atoms with E-state index in [2.05, 4.69) is 0 Å². The highest BCUT2D eigenvalue weighted by Crippen LogP contribution is 2.24. The maximum absolute atomic E-state index is 12.7. The number of morpholine rings is 1. The molecule has 2 amide bonds. The van der Waals surface area contributed by atoms with Gasteiger partial charge in [0.2, 0.25) is 11.8 Å². The van der Waals surface area contributed by atoms with E-state index in [1.807, 2.05) is 49.1 Å². The monoisotopic (exact) mass is 316 g/mol. The molecule has 0 radical (unpaired) electrons. The van der Waals surface area contributed by atoms with Crippen molar-refractivity contribution in [3.05, 3.63) is 35.9 Å². The van der Waals surface area contributed by atoms with E-state index in [9.17, 15) is 9.59 Å². The van der Waals surface area contributed by atoms with E-state index in [4.69, 9.17) is 4.74 Å². The summed E-state index contributed by atoms with van der Waals surface area (Å²) in [4.78, 5) is 28.6. The molecule has 5 nitrogen and oxygen atoms in total. The van der Waals surface area contributed by atoms with Crippen LogP contribution in [0, 0.1) is 5.92 Å². The van der Waals surface area contributed by atoms with Crippen LogP contribution in [-0.4, -0.2) is 53.5 Å². The third-order valence-corrected chi connectivity index (χ3v) is 4.51. The van der Waals surface area contributed by atoms with Crippen LogP contribution in [0.5, 0.6) is 0 Å². The Morgan fingerprint density at radius 1 is 1.13 bits per heavy atom. The number of rotatable bonds is 3. The van der Waals surface area contributed by atoms with Crippen LogP contribution in [0.4, 0.5) is 0 Å². The van der Waals surface area contributed by atoms with Crippen molar-refractivity contribution in [2.75, 3.05) is 19.6 Å². The van der Waals surface area contributed by atoms with Gasteiger partial charge in [-0.1, -0.05) is 30.3 Å². The van der Waals surface area contributed by atoms with Gasteiger partial charge in [0.05, 0.1) is 18.1 Å². The summed E-state index contributed by atoms with van der Waals surface area (Å²) in [5.41, 5.74) is 1.10. The molecule has 3 atom stereocenters. The second-order valence-corrected chi connectivity index (χ2v) is 6.66. The quantitative estimate of drug-likeness (QED) is 0.852. The minimum absolute atomic E-state index is 0.0558. The molecular weight excluding hydrogens is 292 g/mol. The van der Waals surface area contributed by atoms with Gasteiger partial charge >= 0.3 is 0 Å². The normalized spacial score (nSPS) is 28.3. The molecule has 2 heterocycles. The second-order valence-electron chi connectivity index (χ2n) is 6.66. The van der Waals surface area contributed by atoms with Crippen molar-refractivity contribution in [2.45, 2.75) is 39.0 Å². The summed E-state index contributed by atoms with van der Waals surface area (Å²) in [5.74, 6) is -0.0545. The van der Waals surface area contributed by atoms with Crippen LogP contribution in [0.2, 0.25) is 0 Å². The van der Waals surface area contributed by atoms with Gasteiger partial charge in [-0.2, -0.15) is 0 Å². The van der Waals surface area contributed by atoms with Gasteiger partial charge < -0.3 is 14.5 Å². The molecule has 2 fully saturated rings. The third kappa shape index (κ3) is 3.72. The highest BCUT2D eigenvalue weighted by atomic mass is 16.5. The van der Waals surface area contributed by atoms with Gasteiger partial charge in [0, 0.05) is 32.6 Å². The van der Waals surface area contributed by atoms with Crippen molar-refractivity contribution in [2.24, 2.45) is 5.92 Å². The first-order valence-corrected chi connectivity index (χ1v) is 8.29. The average molecular weight is 316 g/mol. The van der Waals surface area contributed by atoms with E-state index in [0.29, 0.717) is 32.6 Å². The van der Waals surface area contributed by atoms with Crippen LogP contribution < -0.4 is 0 Å². The largest absolute Gasteiger partial charge is 0.372 e. The molecule has 0 aromatic heterocycles. The summed E-state index contributed by atoms with van der Waals surface area (Å²) in [6, 6.07) is 9.91. The molecule has 0 bridgehead atoms. The van der Waals surface area contributed by atoms with Crippen molar-refractivity contribution in [3.63, 3.8) is 0 Å². The third-order valence-electron chi connectivity index (χ3n) is 4.51. The van der Waals surface area contributed by atoms with Gasteiger partial charge in [0.25, 0.3) is 0 Å². The van der Waals surface area contributed by atoms with E-state index in [0.717, 1.165) is 5.56 Å². The van der Waals surface area contributed by atoms with Crippen molar-refractivity contribution in [3.8, 4) is 0 Å². The minimum Gasteiger partial charge on any atom is -0.372 e. The minimum atomic E-state index is -0.219. The zero-order chi connectivity index (χ0) is 16.4. The first-order valence-electron chi connectivity index (χ1n) is 8.29. The maximum Gasteiger partial charge on any atom is 0.228 e. The van der Waals surface area contributed by atoms with Gasteiger partial charge in [-0.25, -0.2) is 0 Å². The van der Waals surface area contributed by atoms with E-state index in [1.165, 1.54) is 0 Å². The summed E-state index contributed by atoms with van der Waals surface area (Å²) in [6.45, 7) is 6.31. The highest BCUT2D eigenvalue weighted by Gasteiger charge is 2.38. The standard InChI is InChI=1S/C18H24N2O3/c1-13-9-20(10-14(2)23-13)18(22)16-8-17(21)19(12-16)11-15-6-4-3-5-7-15/h3-7,13-14,16H,8-12H2,1-2H3. The number of benzene rings is 1. The topological polar surface area (TPSA) is 49.9 Å². The lowest BCUT2D eigenvalue weighted by Gasteiger charge is -2.36. The van der Waals surface area contributed by atoms with Gasteiger partial charge in [-0.15, -0.1) is 0 Å². The summed E-state index contributed by atoms with van der Waals surface area (Å²) in [7, 11) is 0. The summed E-state index contributed by atoms with van der Waals surface area (Å²) in [6.07, 6.45) is 0.437. The molecule has 0 N–H and O–H groups in total. The molecule has 5 heteroatoms. The molecule has 124 valence electrons. The number of carbonyl (C=O) groups is 2. The molecule has 0 aliphatic carbocycles. The van der Waals surface area contributed by atoms with Crippen LogP contribution in [0.1, 0.15) is 25.8 Å². The number of hydrogen-bond donors (Lipinski definition) is 0. The smallest absolute Gasteiger partial charge is 0.228 e. The van der Waals surface area contributed by atoms with Crippen molar-refractivity contribution in [1.29, 1.82) is 0 Å². The Balaban J connectivity index is 1.61. The summed E-state index contributed by atoms with van der Waals surface area (Å²) >= 11 is 0. The SMILES string of the molecule is CC1CN(C(=O)C2CC(=O)N(Cc3ccccc3)C2)CC(C)O1. The van der Waals surface area contributed by atoms with Crippen molar-refractivity contribution in [1.82, 2.24) is 9.80 Å². The average Bonchev–Trinajstić information content (AvgIpc) is 2.87. The first kappa shape index (κ1) is 16.0. The number of hydrogen-bond acceptors (Lipinski definition) is 3. The molecule has 0 spiro atoms. The van der Waals surface area contributed by atoms with E-state index in [-0.39, 0.29) is 29.9 Å². The van der Waals surface area contributed by atoms with E-state index in [1.54, 1.807) is 4.90 Å². The fourth-order valence-electron chi connectivity index (χ4n) is 3.51. The van der Waals surface area contributed by atoms with E-state index < -0.39 is 0 Å². The van der Waals surface area contributed by atoms with Crippen molar-refractivity contribution < 1.29 is 14.3 Å². The Morgan fingerprint density at radius 3 is 2.43 bits per heavy atom. The zero-order valence-electron chi connectivity index (χ0n) is 13.8. The Labute approximate surface area is 137 Å². The van der Waals surface area contributed by atoms with Gasteiger partial charge in [-0.3, -0.25) is 9.59 Å². The molecule has 1 aromatic carbocycles. The van der Waals surface area contributed by atoms with Crippen LogP contribution >= 0.6 is 0 Å². The molecule has 3 rings (SSSR count). The Hall–Kier alpha value is -1.88. The predicted octanol–water partition coefficient (Wildman–Crippen LogP) is 1.67. The number of carbonyl (C=O) groups excluding carboxylic acids is 2. The molecule has 2 saturated heterocycles. The summed E-state index contributed by atoms with van der Waals surface area (Å²) < 4.78 is 5.68. The number of amides is 2. The van der Waals surface area contributed by atoms with Crippen LogP contribution in [0.15, 0.2) is 30.3 Å². The lowest BCUT2D eigenvalue weighted by atomic mass is 10.1. The Morgan fingerprint density at radius 2 is 1.78 bits per heavy atom. The van der Waals surface area contributed by atoms with Gasteiger partial charge in [0.1, 0.15) is 0 Å². The van der Waals surface area contributed by atoms with Crippen LogP contribution in [0.3, 0.4) is 0 Å². The lowest BCUT2D eigenvalue weighted by molar-refractivity contribution is -0.147. The molecule has 0 saturated carbocycles. The van der Waals surface area contributed by atoms with Crippen LogP contribution in [-0.2, 0) is 20.9 Å². The van der Waals surface area contributed by atoms with Gasteiger partial charge in [-0.05, 0) is 19.4 Å². The molecular formula is C18H24N2O3. The van der Waals surface area contributed by atoms with Crippen molar-refractivity contribution >= 4 is 11.8 Å². The zero-order valence-corrected chi connectivity index (χ0v) is 13.8. The fraction of sp³-hybridized carbons (Fsp3) is 0.556. The fourth-order valence-corrected chi connectivity index (χ4v) is 3.51. The highest BCUT2D eigenvalue weighted by molar-refractivity contribution is 5.89. The lowest BCUT2D eigenvalue weighted by Crippen LogP contribution is -2.50. The second kappa shape index (κ2) is 6.71. The van der Waals surface area contributed by atoms with E-state index >= 15 is 0 Å².